The van der Waals surface area contributed by atoms with E-state index in [0.717, 1.165) is 11.3 Å². The Kier molecular flexibility index (Phi) is 2.59. The maximum absolute atomic E-state index is 11.6. The Balaban J connectivity index is 2.44. The number of nitrogens with zero attached hydrogens (tertiary/aromatic N) is 1. The summed E-state index contributed by atoms with van der Waals surface area (Å²) in [6.07, 6.45) is 0. The van der Waals surface area contributed by atoms with E-state index in [0.29, 0.717) is 13.1 Å². The van der Waals surface area contributed by atoms with Crippen molar-refractivity contribution in [2.75, 3.05) is 18.0 Å². The number of rotatable bonds is 2. The van der Waals surface area contributed by atoms with E-state index >= 15 is 0 Å². The molecule has 2 N–H and O–H groups in total. The Hall–Kier alpha value is -1.55. The van der Waals surface area contributed by atoms with Crippen LogP contribution in [0.15, 0.2) is 24.3 Å². The number of benzene rings is 1. The molecule has 1 aromatic rings. The van der Waals surface area contributed by atoms with Crippen LogP contribution in [0.1, 0.15) is 19.4 Å². The SMILES string of the molecule is CC(C)(O)c1ccccc1N1CCNC1=O. The summed E-state index contributed by atoms with van der Waals surface area (Å²) in [5, 5.41) is 12.8. The third-order valence-corrected chi connectivity index (χ3v) is 2.71. The zero-order valence-electron chi connectivity index (χ0n) is 9.53. The predicted octanol–water partition coefficient (Wildman–Crippen LogP) is 1.44. The van der Waals surface area contributed by atoms with E-state index < -0.39 is 5.60 Å². The van der Waals surface area contributed by atoms with Gasteiger partial charge in [0.1, 0.15) is 0 Å². The maximum atomic E-state index is 11.6. The van der Waals surface area contributed by atoms with E-state index in [1.807, 2.05) is 24.3 Å². The number of para-hydroxylation sites is 1. The zero-order valence-corrected chi connectivity index (χ0v) is 9.53. The fourth-order valence-corrected chi connectivity index (χ4v) is 1.93. The first kappa shape index (κ1) is 11.0. The Bertz CT molecular complexity index is 410. The van der Waals surface area contributed by atoms with Crippen LogP contribution in [0.2, 0.25) is 0 Å². The lowest BCUT2D eigenvalue weighted by Gasteiger charge is -2.25. The van der Waals surface area contributed by atoms with E-state index in [-0.39, 0.29) is 6.03 Å². The van der Waals surface area contributed by atoms with Gasteiger partial charge in [0.05, 0.1) is 11.3 Å². The number of carbonyl (C=O) groups excluding carboxylic acids is 1. The minimum Gasteiger partial charge on any atom is -0.386 e. The zero-order chi connectivity index (χ0) is 11.8. The van der Waals surface area contributed by atoms with Gasteiger partial charge in [-0.15, -0.1) is 0 Å². The van der Waals surface area contributed by atoms with E-state index in [4.69, 9.17) is 0 Å². The molecule has 2 rings (SSSR count). The number of hydrogen-bond donors (Lipinski definition) is 2. The summed E-state index contributed by atoms with van der Waals surface area (Å²) >= 11 is 0. The first-order valence-corrected chi connectivity index (χ1v) is 5.37. The summed E-state index contributed by atoms with van der Waals surface area (Å²) in [6.45, 7) is 4.74. The standard InChI is InChI=1S/C12H16N2O2/c1-12(2,16)9-5-3-4-6-10(9)14-8-7-13-11(14)15/h3-6,16H,7-8H2,1-2H3,(H,13,15). The lowest BCUT2D eigenvalue weighted by Crippen LogP contribution is -2.30. The lowest BCUT2D eigenvalue weighted by atomic mass is 9.96. The van der Waals surface area contributed by atoms with Gasteiger partial charge in [-0.2, -0.15) is 0 Å². The van der Waals surface area contributed by atoms with Gasteiger partial charge in [-0.25, -0.2) is 4.79 Å². The second kappa shape index (κ2) is 3.79. The molecule has 4 heteroatoms. The van der Waals surface area contributed by atoms with Crippen molar-refractivity contribution in [2.45, 2.75) is 19.4 Å². The van der Waals surface area contributed by atoms with Crippen molar-refractivity contribution >= 4 is 11.7 Å². The number of aliphatic hydroxyl groups is 1. The molecule has 1 heterocycles. The van der Waals surface area contributed by atoms with Crippen LogP contribution < -0.4 is 10.2 Å². The highest BCUT2D eigenvalue weighted by atomic mass is 16.3. The van der Waals surface area contributed by atoms with Gasteiger partial charge in [0.25, 0.3) is 0 Å². The lowest BCUT2D eigenvalue weighted by molar-refractivity contribution is 0.0791. The molecular weight excluding hydrogens is 204 g/mol. The van der Waals surface area contributed by atoms with E-state index in [1.54, 1.807) is 18.7 Å². The first-order chi connectivity index (χ1) is 7.50. The summed E-state index contributed by atoms with van der Waals surface area (Å²) in [5.41, 5.74) is 0.608. The molecule has 1 fully saturated rings. The van der Waals surface area contributed by atoms with Crippen LogP contribution in [0, 0.1) is 0 Å². The Labute approximate surface area is 94.9 Å². The summed E-state index contributed by atoms with van der Waals surface area (Å²) < 4.78 is 0. The Morgan fingerprint density at radius 3 is 2.62 bits per heavy atom. The van der Waals surface area contributed by atoms with E-state index in [9.17, 15) is 9.90 Å². The van der Waals surface area contributed by atoms with Crippen LogP contribution in [0.4, 0.5) is 10.5 Å². The Morgan fingerprint density at radius 2 is 2.06 bits per heavy atom. The molecule has 86 valence electrons. The smallest absolute Gasteiger partial charge is 0.322 e. The number of carbonyl (C=O) groups is 1. The Morgan fingerprint density at radius 1 is 1.38 bits per heavy atom. The molecule has 1 saturated heterocycles. The van der Waals surface area contributed by atoms with Gasteiger partial charge in [0.15, 0.2) is 0 Å². The van der Waals surface area contributed by atoms with E-state index in [1.165, 1.54) is 0 Å². The molecule has 0 bridgehead atoms. The van der Waals surface area contributed by atoms with Crippen LogP contribution in [-0.2, 0) is 5.60 Å². The van der Waals surface area contributed by atoms with Gasteiger partial charge >= 0.3 is 6.03 Å². The van der Waals surface area contributed by atoms with Gasteiger partial charge in [0.2, 0.25) is 0 Å². The number of urea groups is 1. The highest BCUT2D eigenvalue weighted by molar-refractivity contribution is 5.94. The number of nitrogens with one attached hydrogen (secondary N) is 1. The average molecular weight is 220 g/mol. The van der Waals surface area contributed by atoms with Gasteiger partial charge in [0, 0.05) is 18.7 Å². The molecule has 0 aliphatic carbocycles. The topological polar surface area (TPSA) is 52.6 Å². The molecule has 0 spiro atoms. The van der Waals surface area contributed by atoms with Crippen molar-refractivity contribution in [1.29, 1.82) is 0 Å². The first-order valence-electron chi connectivity index (χ1n) is 5.37. The van der Waals surface area contributed by atoms with Gasteiger partial charge in [-0.1, -0.05) is 18.2 Å². The highest BCUT2D eigenvalue weighted by Gasteiger charge is 2.27. The molecule has 1 aromatic carbocycles. The molecule has 0 saturated carbocycles. The van der Waals surface area contributed by atoms with Crippen LogP contribution >= 0.6 is 0 Å². The van der Waals surface area contributed by atoms with Crippen LogP contribution in [0.5, 0.6) is 0 Å². The molecular formula is C12H16N2O2. The van der Waals surface area contributed by atoms with Crippen LogP contribution in [0.25, 0.3) is 0 Å². The number of anilines is 1. The van der Waals surface area contributed by atoms with Gasteiger partial charge in [-0.3, -0.25) is 4.90 Å². The second-order valence-electron chi connectivity index (χ2n) is 4.46. The van der Waals surface area contributed by atoms with Crippen molar-refractivity contribution in [1.82, 2.24) is 5.32 Å². The quantitative estimate of drug-likeness (QED) is 0.792. The molecule has 1 aliphatic heterocycles. The third-order valence-electron chi connectivity index (χ3n) is 2.71. The highest BCUT2D eigenvalue weighted by Crippen LogP contribution is 2.30. The van der Waals surface area contributed by atoms with E-state index in [2.05, 4.69) is 5.32 Å². The van der Waals surface area contributed by atoms with Gasteiger partial charge < -0.3 is 10.4 Å². The summed E-state index contributed by atoms with van der Waals surface area (Å²) in [4.78, 5) is 13.2. The van der Waals surface area contributed by atoms with Crippen molar-refractivity contribution in [3.05, 3.63) is 29.8 Å². The normalized spacial score (nSPS) is 16.4. The summed E-state index contributed by atoms with van der Waals surface area (Å²) in [7, 11) is 0. The van der Waals surface area contributed by atoms with Crippen molar-refractivity contribution in [3.8, 4) is 0 Å². The predicted molar refractivity (Wildman–Crippen MR) is 62.4 cm³/mol. The summed E-state index contributed by atoms with van der Waals surface area (Å²) in [6, 6.07) is 7.34. The minimum atomic E-state index is -0.945. The second-order valence-corrected chi connectivity index (χ2v) is 4.46. The van der Waals surface area contributed by atoms with Crippen molar-refractivity contribution in [3.63, 3.8) is 0 Å². The fraction of sp³-hybridized carbons (Fsp3) is 0.417. The largest absolute Gasteiger partial charge is 0.386 e. The molecule has 4 nitrogen and oxygen atoms in total. The molecule has 16 heavy (non-hydrogen) atoms. The summed E-state index contributed by atoms with van der Waals surface area (Å²) in [5.74, 6) is 0. The number of amides is 2. The third kappa shape index (κ3) is 1.88. The molecule has 0 atom stereocenters. The minimum absolute atomic E-state index is 0.100. The molecule has 2 amide bonds. The van der Waals surface area contributed by atoms with Crippen molar-refractivity contribution in [2.24, 2.45) is 0 Å². The fourth-order valence-electron chi connectivity index (χ4n) is 1.93. The number of hydrogen-bond acceptors (Lipinski definition) is 2. The molecule has 0 unspecified atom stereocenters. The molecule has 0 aromatic heterocycles. The van der Waals surface area contributed by atoms with Crippen LogP contribution in [-0.4, -0.2) is 24.2 Å². The molecule has 0 radical (unpaired) electrons. The monoisotopic (exact) mass is 220 g/mol. The van der Waals surface area contributed by atoms with Gasteiger partial charge in [-0.05, 0) is 19.9 Å². The van der Waals surface area contributed by atoms with Crippen LogP contribution in [0.3, 0.4) is 0 Å². The molecule has 1 aliphatic rings. The van der Waals surface area contributed by atoms with Crippen molar-refractivity contribution < 1.29 is 9.90 Å². The maximum Gasteiger partial charge on any atom is 0.322 e. The average Bonchev–Trinajstić information content (AvgIpc) is 2.63.